The Bertz CT molecular complexity index is 479. The van der Waals surface area contributed by atoms with Gasteiger partial charge in [0.15, 0.2) is 0 Å². The van der Waals surface area contributed by atoms with Crippen molar-refractivity contribution in [3.05, 3.63) is 54.4 Å². The summed E-state index contributed by atoms with van der Waals surface area (Å²) in [5, 5.41) is 0. The number of hydrogen-bond donors (Lipinski definition) is 1. The third-order valence-corrected chi connectivity index (χ3v) is 3.12. The predicted molar refractivity (Wildman–Crippen MR) is 81.3 cm³/mol. The molecule has 0 unspecified atom stereocenters. The molecule has 0 saturated heterocycles. The molecule has 3 nitrogen and oxygen atoms in total. The number of aromatic nitrogens is 1. The van der Waals surface area contributed by atoms with Gasteiger partial charge in [-0.3, -0.25) is 4.98 Å². The summed E-state index contributed by atoms with van der Waals surface area (Å²) in [5.41, 5.74) is 8.91. The van der Waals surface area contributed by atoms with Gasteiger partial charge in [0.25, 0.3) is 0 Å². The largest absolute Gasteiger partial charge is 0.399 e. The molecule has 2 aromatic rings. The van der Waals surface area contributed by atoms with Crippen molar-refractivity contribution in [2.45, 2.75) is 19.8 Å². The first-order valence-corrected chi connectivity index (χ1v) is 6.80. The Balaban J connectivity index is 2.02. The number of benzene rings is 1. The highest BCUT2D eigenvalue weighted by Crippen LogP contribution is 2.17. The number of anilines is 2. The van der Waals surface area contributed by atoms with Crippen LogP contribution >= 0.6 is 0 Å². The van der Waals surface area contributed by atoms with Crippen LogP contribution in [0.1, 0.15) is 19.0 Å². The molecule has 0 amide bonds. The minimum Gasteiger partial charge on any atom is -0.399 e. The quantitative estimate of drug-likeness (QED) is 0.806. The molecule has 19 heavy (non-hydrogen) atoms. The summed E-state index contributed by atoms with van der Waals surface area (Å²) < 4.78 is 0. The molecular formula is C16H21N3. The maximum Gasteiger partial charge on any atom is 0.0421 e. The summed E-state index contributed by atoms with van der Waals surface area (Å²) >= 11 is 0. The van der Waals surface area contributed by atoms with Crippen molar-refractivity contribution in [1.29, 1.82) is 0 Å². The van der Waals surface area contributed by atoms with E-state index in [2.05, 4.69) is 35.0 Å². The zero-order chi connectivity index (χ0) is 13.5. The van der Waals surface area contributed by atoms with Crippen LogP contribution in [0.5, 0.6) is 0 Å². The Morgan fingerprint density at radius 2 is 1.84 bits per heavy atom. The van der Waals surface area contributed by atoms with Gasteiger partial charge in [-0.25, -0.2) is 0 Å². The minimum absolute atomic E-state index is 0.810. The highest BCUT2D eigenvalue weighted by atomic mass is 15.1. The van der Waals surface area contributed by atoms with Crippen molar-refractivity contribution < 1.29 is 0 Å². The van der Waals surface area contributed by atoms with Crippen LogP contribution in [0.4, 0.5) is 11.4 Å². The van der Waals surface area contributed by atoms with E-state index in [4.69, 9.17) is 5.73 Å². The second kappa shape index (κ2) is 6.78. The molecule has 0 aliphatic rings. The summed E-state index contributed by atoms with van der Waals surface area (Å²) in [4.78, 5) is 6.75. The molecule has 0 radical (unpaired) electrons. The number of hydrogen-bond acceptors (Lipinski definition) is 3. The molecule has 100 valence electrons. The van der Waals surface area contributed by atoms with Gasteiger partial charge in [-0.05, 0) is 42.8 Å². The lowest BCUT2D eigenvalue weighted by Crippen LogP contribution is -2.26. The number of nitrogens with two attached hydrogens (primary N) is 1. The molecule has 0 atom stereocenters. The highest BCUT2D eigenvalue weighted by molar-refractivity contribution is 5.53. The molecule has 3 heteroatoms. The van der Waals surface area contributed by atoms with Gasteiger partial charge >= 0.3 is 0 Å². The first-order chi connectivity index (χ1) is 9.29. The molecule has 1 aromatic carbocycles. The lowest BCUT2D eigenvalue weighted by molar-refractivity contribution is 0.748. The zero-order valence-corrected chi connectivity index (χ0v) is 11.4. The summed E-state index contributed by atoms with van der Waals surface area (Å²) in [6, 6.07) is 14.2. The molecule has 2 N–H and O–H groups in total. The van der Waals surface area contributed by atoms with Gasteiger partial charge in [-0.1, -0.05) is 13.0 Å². The van der Waals surface area contributed by atoms with Gasteiger partial charge < -0.3 is 10.6 Å². The maximum absolute atomic E-state index is 5.74. The van der Waals surface area contributed by atoms with E-state index in [0.717, 1.165) is 37.3 Å². The van der Waals surface area contributed by atoms with Gasteiger partial charge in [0.1, 0.15) is 0 Å². The Morgan fingerprint density at radius 3 is 2.47 bits per heavy atom. The average molecular weight is 255 g/mol. The average Bonchev–Trinajstić information content (AvgIpc) is 2.46. The van der Waals surface area contributed by atoms with Crippen LogP contribution in [0.15, 0.2) is 48.7 Å². The lowest BCUT2D eigenvalue weighted by Gasteiger charge is -2.24. The van der Waals surface area contributed by atoms with E-state index in [1.807, 2.05) is 30.5 Å². The maximum atomic E-state index is 5.74. The second-order valence-corrected chi connectivity index (χ2v) is 4.65. The summed E-state index contributed by atoms with van der Waals surface area (Å²) in [5.74, 6) is 0. The smallest absolute Gasteiger partial charge is 0.0421 e. The van der Waals surface area contributed by atoms with Gasteiger partial charge in [-0.2, -0.15) is 0 Å². The third kappa shape index (κ3) is 3.98. The van der Waals surface area contributed by atoms with E-state index in [-0.39, 0.29) is 0 Å². The monoisotopic (exact) mass is 255 g/mol. The van der Waals surface area contributed by atoms with Crippen molar-refractivity contribution in [1.82, 2.24) is 4.98 Å². The van der Waals surface area contributed by atoms with Crippen LogP contribution in [0, 0.1) is 0 Å². The Hall–Kier alpha value is -2.03. The Morgan fingerprint density at radius 1 is 1.05 bits per heavy atom. The fourth-order valence-electron chi connectivity index (χ4n) is 2.12. The van der Waals surface area contributed by atoms with Gasteiger partial charge in [0, 0.05) is 42.8 Å². The van der Waals surface area contributed by atoms with Crippen LogP contribution in [-0.2, 0) is 6.42 Å². The SMILES string of the molecule is CCCN(CCc1ccccn1)c1ccc(N)cc1. The van der Waals surface area contributed by atoms with Crippen molar-refractivity contribution >= 4 is 11.4 Å². The van der Waals surface area contributed by atoms with Gasteiger partial charge in [0.2, 0.25) is 0 Å². The molecule has 0 fully saturated rings. The highest BCUT2D eigenvalue weighted by Gasteiger charge is 2.05. The van der Waals surface area contributed by atoms with Gasteiger partial charge in [-0.15, -0.1) is 0 Å². The topological polar surface area (TPSA) is 42.2 Å². The lowest BCUT2D eigenvalue weighted by atomic mass is 10.2. The van der Waals surface area contributed by atoms with Crippen LogP contribution in [0.3, 0.4) is 0 Å². The number of nitrogens with zero attached hydrogens (tertiary/aromatic N) is 2. The van der Waals surface area contributed by atoms with E-state index >= 15 is 0 Å². The molecule has 2 rings (SSSR count). The Kier molecular flexibility index (Phi) is 4.78. The van der Waals surface area contributed by atoms with Crippen LogP contribution in [-0.4, -0.2) is 18.1 Å². The van der Waals surface area contributed by atoms with Crippen molar-refractivity contribution in [2.75, 3.05) is 23.7 Å². The van der Waals surface area contributed by atoms with Crippen molar-refractivity contribution in [2.24, 2.45) is 0 Å². The standard InChI is InChI=1S/C16H21N3/c1-2-12-19(16-8-6-14(17)7-9-16)13-10-15-5-3-4-11-18-15/h3-9,11H,2,10,12-13,17H2,1H3. The molecule has 0 aliphatic carbocycles. The molecule has 0 saturated carbocycles. The molecule has 1 aromatic heterocycles. The Labute approximate surface area is 115 Å². The molecule has 1 heterocycles. The number of pyridine rings is 1. The van der Waals surface area contributed by atoms with Crippen molar-refractivity contribution in [3.63, 3.8) is 0 Å². The molecule has 0 spiro atoms. The number of nitrogen functional groups attached to an aromatic ring is 1. The predicted octanol–water partition coefficient (Wildman–Crippen LogP) is 3.12. The normalized spacial score (nSPS) is 10.4. The first-order valence-electron chi connectivity index (χ1n) is 6.80. The summed E-state index contributed by atoms with van der Waals surface area (Å²) in [6.07, 6.45) is 3.94. The fourth-order valence-corrected chi connectivity index (χ4v) is 2.12. The first kappa shape index (κ1) is 13.4. The van der Waals surface area contributed by atoms with Gasteiger partial charge in [0.05, 0.1) is 0 Å². The number of rotatable bonds is 6. The van der Waals surface area contributed by atoms with E-state index in [1.165, 1.54) is 5.69 Å². The van der Waals surface area contributed by atoms with Crippen LogP contribution in [0.2, 0.25) is 0 Å². The minimum atomic E-state index is 0.810. The van der Waals surface area contributed by atoms with E-state index < -0.39 is 0 Å². The van der Waals surface area contributed by atoms with E-state index in [0.29, 0.717) is 0 Å². The summed E-state index contributed by atoms with van der Waals surface area (Å²) in [7, 11) is 0. The summed E-state index contributed by atoms with van der Waals surface area (Å²) in [6.45, 7) is 4.23. The third-order valence-electron chi connectivity index (χ3n) is 3.12. The zero-order valence-electron chi connectivity index (χ0n) is 11.4. The molecule has 0 bridgehead atoms. The van der Waals surface area contributed by atoms with Crippen LogP contribution in [0.25, 0.3) is 0 Å². The van der Waals surface area contributed by atoms with Crippen LogP contribution < -0.4 is 10.6 Å². The molecular weight excluding hydrogens is 234 g/mol. The molecule has 0 aliphatic heterocycles. The second-order valence-electron chi connectivity index (χ2n) is 4.65. The van der Waals surface area contributed by atoms with Crippen molar-refractivity contribution in [3.8, 4) is 0 Å². The fraction of sp³-hybridized carbons (Fsp3) is 0.312. The van der Waals surface area contributed by atoms with E-state index in [1.54, 1.807) is 0 Å². The van der Waals surface area contributed by atoms with E-state index in [9.17, 15) is 0 Å².